The standard InChI is InChI=1S/C50H33NS/c1-2-11-36(12-3-1)45-14-6-8-16-48(45)51(44-28-29-47-46-15-7-9-17-49(46)52-50(47)33-44)43-26-24-35(25-27-43)38-20-21-41-32-42(23-22-40(41)31-38)39-19-18-34-10-4-5-13-37(34)30-39/h1-33H. The van der Waals surface area contributed by atoms with Gasteiger partial charge in [-0.25, -0.2) is 0 Å². The molecule has 0 atom stereocenters. The van der Waals surface area contributed by atoms with E-state index in [-0.39, 0.29) is 0 Å². The van der Waals surface area contributed by atoms with E-state index in [2.05, 4.69) is 205 Å². The number of anilines is 3. The van der Waals surface area contributed by atoms with Gasteiger partial charge in [0.1, 0.15) is 0 Å². The summed E-state index contributed by atoms with van der Waals surface area (Å²) in [6, 6.07) is 73.0. The van der Waals surface area contributed by atoms with Crippen molar-refractivity contribution in [1.82, 2.24) is 0 Å². The quantitative estimate of drug-likeness (QED) is 0.169. The molecule has 1 heterocycles. The Bertz CT molecular complexity index is 2900. The van der Waals surface area contributed by atoms with E-state index in [4.69, 9.17) is 0 Å². The highest BCUT2D eigenvalue weighted by molar-refractivity contribution is 7.25. The largest absolute Gasteiger partial charge is 0.310 e. The van der Waals surface area contributed by atoms with Gasteiger partial charge in [-0.15, -0.1) is 11.3 Å². The molecule has 1 aromatic heterocycles. The van der Waals surface area contributed by atoms with Crippen LogP contribution in [-0.2, 0) is 0 Å². The van der Waals surface area contributed by atoms with E-state index >= 15 is 0 Å². The van der Waals surface area contributed by atoms with Crippen LogP contribution in [0.4, 0.5) is 17.1 Å². The van der Waals surface area contributed by atoms with Gasteiger partial charge in [-0.05, 0) is 104 Å². The summed E-state index contributed by atoms with van der Waals surface area (Å²) in [5, 5.41) is 7.63. The summed E-state index contributed by atoms with van der Waals surface area (Å²) < 4.78 is 2.60. The maximum absolute atomic E-state index is 2.41. The number of thiophene rings is 1. The Hall–Kier alpha value is -6.48. The third kappa shape index (κ3) is 5.42. The van der Waals surface area contributed by atoms with Gasteiger partial charge in [0.15, 0.2) is 0 Å². The molecule has 0 bridgehead atoms. The lowest BCUT2D eigenvalue weighted by molar-refractivity contribution is 1.29. The maximum Gasteiger partial charge on any atom is 0.0540 e. The van der Waals surface area contributed by atoms with Gasteiger partial charge < -0.3 is 4.90 Å². The number of nitrogens with zero attached hydrogens (tertiary/aromatic N) is 1. The molecule has 1 nitrogen and oxygen atoms in total. The summed E-state index contributed by atoms with van der Waals surface area (Å²) in [4.78, 5) is 2.41. The smallest absolute Gasteiger partial charge is 0.0540 e. The molecule has 0 fully saturated rings. The highest BCUT2D eigenvalue weighted by Gasteiger charge is 2.18. The second-order valence-electron chi connectivity index (χ2n) is 13.4. The van der Waals surface area contributed by atoms with Gasteiger partial charge in [-0.2, -0.15) is 0 Å². The fourth-order valence-electron chi connectivity index (χ4n) is 7.59. The molecule has 0 aliphatic rings. The SMILES string of the molecule is c1ccc(-c2ccccc2N(c2ccc(-c3ccc4cc(-c5ccc6ccccc6c5)ccc4c3)cc2)c2ccc3c(c2)sc2ccccc23)cc1. The van der Waals surface area contributed by atoms with Crippen LogP contribution in [0.3, 0.4) is 0 Å². The van der Waals surface area contributed by atoms with Gasteiger partial charge >= 0.3 is 0 Å². The minimum Gasteiger partial charge on any atom is -0.310 e. The zero-order valence-electron chi connectivity index (χ0n) is 28.4. The van der Waals surface area contributed by atoms with Crippen LogP contribution in [0, 0.1) is 0 Å². The first-order valence-electron chi connectivity index (χ1n) is 17.7. The van der Waals surface area contributed by atoms with Gasteiger partial charge in [-0.3, -0.25) is 0 Å². The van der Waals surface area contributed by atoms with Crippen molar-refractivity contribution >= 4 is 70.1 Å². The van der Waals surface area contributed by atoms with E-state index in [0.717, 1.165) is 17.1 Å². The Kier molecular flexibility index (Phi) is 7.41. The molecule has 244 valence electrons. The molecule has 10 aromatic rings. The molecule has 0 saturated heterocycles. The Morgan fingerprint density at radius 1 is 0.308 bits per heavy atom. The predicted molar refractivity (Wildman–Crippen MR) is 225 cm³/mol. The zero-order valence-corrected chi connectivity index (χ0v) is 29.2. The highest BCUT2D eigenvalue weighted by Crippen LogP contribution is 2.44. The molecule has 2 heteroatoms. The van der Waals surface area contributed by atoms with Gasteiger partial charge in [-0.1, -0.05) is 146 Å². The first-order valence-corrected chi connectivity index (χ1v) is 18.6. The molecule has 0 N–H and O–H groups in total. The summed E-state index contributed by atoms with van der Waals surface area (Å²) in [7, 11) is 0. The van der Waals surface area contributed by atoms with Crippen molar-refractivity contribution in [2.75, 3.05) is 4.90 Å². The van der Waals surface area contributed by atoms with Crippen LogP contribution in [0.15, 0.2) is 200 Å². The van der Waals surface area contributed by atoms with E-state index in [1.54, 1.807) is 0 Å². The average Bonchev–Trinajstić information content (AvgIpc) is 3.59. The normalized spacial score (nSPS) is 11.5. The van der Waals surface area contributed by atoms with Crippen LogP contribution in [-0.4, -0.2) is 0 Å². The van der Waals surface area contributed by atoms with Crippen LogP contribution in [0.25, 0.3) is 75.1 Å². The van der Waals surface area contributed by atoms with Gasteiger partial charge in [0.25, 0.3) is 0 Å². The van der Waals surface area contributed by atoms with Crippen molar-refractivity contribution < 1.29 is 0 Å². The fraction of sp³-hybridized carbons (Fsp3) is 0. The van der Waals surface area contributed by atoms with Crippen LogP contribution < -0.4 is 4.90 Å². The molecule has 0 saturated carbocycles. The molecule has 0 aliphatic heterocycles. The van der Waals surface area contributed by atoms with Crippen molar-refractivity contribution in [3.05, 3.63) is 200 Å². The van der Waals surface area contributed by atoms with Gasteiger partial charge in [0.05, 0.1) is 5.69 Å². The summed E-state index contributed by atoms with van der Waals surface area (Å²) >= 11 is 1.86. The average molecular weight is 680 g/mol. The van der Waals surface area contributed by atoms with Crippen molar-refractivity contribution in [2.45, 2.75) is 0 Å². The third-order valence-electron chi connectivity index (χ3n) is 10.2. The molecule has 0 aliphatic carbocycles. The summed E-state index contributed by atoms with van der Waals surface area (Å²) in [5.74, 6) is 0. The first-order chi connectivity index (χ1) is 25.7. The van der Waals surface area contributed by atoms with Crippen LogP contribution in [0.5, 0.6) is 0 Å². The van der Waals surface area contributed by atoms with E-state index < -0.39 is 0 Å². The molecule has 9 aromatic carbocycles. The Labute approximate surface area is 307 Å². The number of benzene rings is 9. The molecule has 0 unspecified atom stereocenters. The second-order valence-corrected chi connectivity index (χ2v) is 14.5. The van der Waals surface area contributed by atoms with Crippen molar-refractivity contribution in [2.24, 2.45) is 0 Å². The van der Waals surface area contributed by atoms with Gasteiger partial charge in [0.2, 0.25) is 0 Å². The lowest BCUT2D eigenvalue weighted by Gasteiger charge is -2.28. The molecule has 0 amide bonds. The minimum absolute atomic E-state index is 1.12. The Morgan fingerprint density at radius 3 is 1.62 bits per heavy atom. The second kappa shape index (κ2) is 12.7. The van der Waals surface area contributed by atoms with Gasteiger partial charge in [0, 0.05) is 37.1 Å². The van der Waals surface area contributed by atoms with E-state index in [1.807, 2.05) is 11.3 Å². The molecule has 0 spiro atoms. The topological polar surface area (TPSA) is 3.24 Å². The molecule has 0 radical (unpaired) electrons. The first kappa shape index (κ1) is 30.4. The summed E-state index contributed by atoms with van der Waals surface area (Å²) in [6.45, 7) is 0. The lowest BCUT2D eigenvalue weighted by Crippen LogP contribution is -2.11. The number of fused-ring (bicyclic) bond motifs is 5. The summed E-state index contributed by atoms with van der Waals surface area (Å²) in [5.41, 5.74) is 10.7. The molecular formula is C50H33NS. The minimum atomic E-state index is 1.12. The molecular weight excluding hydrogens is 647 g/mol. The number of hydrogen-bond donors (Lipinski definition) is 0. The number of para-hydroxylation sites is 1. The third-order valence-corrected chi connectivity index (χ3v) is 11.4. The van der Waals surface area contributed by atoms with Crippen LogP contribution in [0.1, 0.15) is 0 Å². The van der Waals surface area contributed by atoms with Crippen molar-refractivity contribution in [3.8, 4) is 33.4 Å². The van der Waals surface area contributed by atoms with Crippen LogP contribution >= 0.6 is 11.3 Å². The Morgan fingerprint density at radius 2 is 0.846 bits per heavy atom. The fourth-order valence-corrected chi connectivity index (χ4v) is 8.73. The monoisotopic (exact) mass is 679 g/mol. The Balaban J connectivity index is 1.03. The van der Waals surface area contributed by atoms with E-state index in [9.17, 15) is 0 Å². The zero-order chi connectivity index (χ0) is 34.4. The van der Waals surface area contributed by atoms with Crippen molar-refractivity contribution in [3.63, 3.8) is 0 Å². The number of rotatable bonds is 6. The van der Waals surface area contributed by atoms with Crippen LogP contribution in [0.2, 0.25) is 0 Å². The number of hydrogen-bond acceptors (Lipinski definition) is 2. The summed E-state index contributed by atoms with van der Waals surface area (Å²) in [6.07, 6.45) is 0. The van der Waals surface area contributed by atoms with Crippen molar-refractivity contribution in [1.29, 1.82) is 0 Å². The predicted octanol–water partition coefficient (Wildman–Crippen LogP) is 14.8. The maximum atomic E-state index is 2.41. The highest BCUT2D eigenvalue weighted by atomic mass is 32.1. The lowest BCUT2D eigenvalue weighted by atomic mass is 9.96. The molecule has 52 heavy (non-hydrogen) atoms. The van der Waals surface area contributed by atoms with E-state index in [0.29, 0.717) is 0 Å². The van der Waals surface area contributed by atoms with E-state index in [1.165, 1.54) is 75.1 Å². The molecule has 10 rings (SSSR count).